The fraction of sp³-hybridized carbons (Fsp3) is 0.529. The number of rotatable bonds is 9. The number of benzene rings is 1. The van der Waals surface area contributed by atoms with Crippen molar-refractivity contribution in [2.75, 3.05) is 0 Å². The Balaban J connectivity index is 2.52. The summed E-state index contributed by atoms with van der Waals surface area (Å²) in [6.45, 7) is 3.84. The Morgan fingerprint density at radius 1 is 1.25 bits per heavy atom. The molecule has 24 heavy (non-hydrogen) atoms. The molecule has 1 aromatic rings. The molecule has 0 radical (unpaired) electrons. The molecular weight excluding hydrogens is 318 g/mol. The first-order chi connectivity index (χ1) is 11.2. The average Bonchev–Trinajstić information content (AvgIpc) is 2.48. The lowest BCUT2D eigenvalue weighted by molar-refractivity contribution is -0.142. The molecule has 1 aromatic carbocycles. The lowest BCUT2D eigenvalue weighted by atomic mass is 10.0. The minimum atomic E-state index is -1.15. The van der Waals surface area contributed by atoms with Crippen LogP contribution in [-0.4, -0.2) is 29.1 Å². The van der Waals surface area contributed by atoms with Crippen molar-refractivity contribution in [3.63, 3.8) is 0 Å². The number of nitrogens with two attached hydrogens (primary N) is 1. The zero-order valence-corrected chi connectivity index (χ0v) is 13.9. The van der Waals surface area contributed by atoms with E-state index in [0.29, 0.717) is 24.8 Å². The normalized spacial score (nSPS) is 13.6. The number of hydrogen-bond acceptors (Lipinski definition) is 3. The van der Waals surface area contributed by atoms with Crippen LogP contribution in [0, 0.1) is 17.6 Å². The summed E-state index contributed by atoms with van der Waals surface area (Å²) in [5.74, 6) is -3.28. The van der Waals surface area contributed by atoms with Crippen LogP contribution in [-0.2, 0) is 16.0 Å². The summed E-state index contributed by atoms with van der Waals surface area (Å²) in [5, 5.41) is 11.6. The van der Waals surface area contributed by atoms with E-state index in [1.54, 1.807) is 0 Å². The molecule has 0 bridgehead atoms. The van der Waals surface area contributed by atoms with Gasteiger partial charge in [0, 0.05) is 0 Å². The monoisotopic (exact) mass is 342 g/mol. The second-order valence-corrected chi connectivity index (χ2v) is 6.28. The molecule has 7 heteroatoms. The predicted molar refractivity (Wildman–Crippen MR) is 86.3 cm³/mol. The number of hydrogen-bond donors (Lipinski definition) is 3. The van der Waals surface area contributed by atoms with E-state index < -0.39 is 35.6 Å². The van der Waals surface area contributed by atoms with Gasteiger partial charge in [-0.25, -0.2) is 13.6 Å². The molecule has 0 aliphatic carbocycles. The number of aryl methyl sites for hydroxylation is 1. The number of aliphatic carboxylic acids is 1. The first-order valence-corrected chi connectivity index (χ1v) is 7.93. The Bertz CT molecular complexity index is 579. The van der Waals surface area contributed by atoms with E-state index in [0.717, 1.165) is 12.1 Å². The number of nitrogens with one attached hydrogen (secondary N) is 1. The van der Waals surface area contributed by atoms with E-state index in [1.807, 2.05) is 13.8 Å². The predicted octanol–water partition coefficient (Wildman–Crippen LogP) is 2.23. The van der Waals surface area contributed by atoms with E-state index in [9.17, 15) is 23.5 Å². The van der Waals surface area contributed by atoms with Gasteiger partial charge < -0.3 is 16.2 Å². The third kappa shape index (κ3) is 6.62. The zero-order valence-electron chi connectivity index (χ0n) is 13.9. The molecule has 0 heterocycles. The number of halogens is 2. The highest BCUT2D eigenvalue weighted by Crippen LogP contribution is 2.12. The lowest BCUT2D eigenvalue weighted by Crippen LogP contribution is -2.48. The second-order valence-electron chi connectivity index (χ2n) is 6.28. The molecule has 134 valence electrons. The van der Waals surface area contributed by atoms with Gasteiger partial charge >= 0.3 is 5.97 Å². The molecule has 0 fully saturated rings. The molecule has 1 amide bonds. The molecule has 5 nitrogen and oxygen atoms in total. The van der Waals surface area contributed by atoms with Crippen molar-refractivity contribution in [1.82, 2.24) is 5.32 Å². The third-order valence-corrected chi connectivity index (χ3v) is 3.62. The maximum absolute atomic E-state index is 13.1. The van der Waals surface area contributed by atoms with E-state index in [2.05, 4.69) is 5.32 Å². The van der Waals surface area contributed by atoms with Crippen LogP contribution in [0.5, 0.6) is 0 Å². The molecule has 0 aliphatic heterocycles. The Morgan fingerprint density at radius 3 is 2.46 bits per heavy atom. The van der Waals surface area contributed by atoms with Gasteiger partial charge in [0.1, 0.15) is 6.04 Å². The SMILES string of the molecule is CC(C)C[C@H](N)C(=O)NC(CCCc1ccc(F)c(F)c1)C(=O)O. The highest BCUT2D eigenvalue weighted by molar-refractivity contribution is 5.86. The van der Waals surface area contributed by atoms with Crippen molar-refractivity contribution >= 4 is 11.9 Å². The van der Waals surface area contributed by atoms with Crippen molar-refractivity contribution in [3.05, 3.63) is 35.4 Å². The number of carboxylic acids is 1. The van der Waals surface area contributed by atoms with Gasteiger partial charge in [-0.05, 0) is 49.3 Å². The maximum Gasteiger partial charge on any atom is 0.326 e. The van der Waals surface area contributed by atoms with Crippen LogP contribution >= 0.6 is 0 Å². The number of carboxylic acid groups (broad SMARTS) is 1. The van der Waals surface area contributed by atoms with Gasteiger partial charge in [-0.2, -0.15) is 0 Å². The number of amides is 1. The van der Waals surface area contributed by atoms with Crippen LogP contribution in [0.1, 0.15) is 38.7 Å². The van der Waals surface area contributed by atoms with E-state index >= 15 is 0 Å². The summed E-state index contributed by atoms with van der Waals surface area (Å²) in [7, 11) is 0. The molecule has 0 aliphatic rings. The first-order valence-electron chi connectivity index (χ1n) is 7.93. The van der Waals surface area contributed by atoms with Crippen molar-refractivity contribution in [1.29, 1.82) is 0 Å². The molecule has 0 saturated carbocycles. The van der Waals surface area contributed by atoms with Crippen LogP contribution in [0.3, 0.4) is 0 Å². The van der Waals surface area contributed by atoms with E-state index in [4.69, 9.17) is 5.73 Å². The van der Waals surface area contributed by atoms with Crippen molar-refractivity contribution < 1.29 is 23.5 Å². The van der Waals surface area contributed by atoms with Crippen molar-refractivity contribution in [2.24, 2.45) is 11.7 Å². The Morgan fingerprint density at radius 2 is 1.92 bits per heavy atom. The first kappa shape index (κ1) is 20.0. The summed E-state index contributed by atoms with van der Waals surface area (Å²) in [6.07, 6.45) is 1.43. The summed E-state index contributed by atoms with van der Waals surface area (Å²) in [5.41, 5.74) is 6.31. The highest BCUT2D eigenvalue weighted by Gasteiger charge is 2.23. The van der Waals surface area contributed by atoms with E-state index in [1.165, 1.54) is 6.07 Å². The quantitative estimate of drug-likeness (QED) is 0.642. The third-order valence-electron chi connectivity index (χ3n) is 3.62. The molecule has 4 N–H and O–H groups in total. The van der Waals surface area contributed by atoms with Crippen molar-refractivity contribution in [2.45, 2.75) is 51.6 Å². The number of carbonyl (C=O) groups excluding carboxylic acids is 1. The standard InChI is InChI=1S/C17H24F2N2O3/c1-10(2)8-14(20)16(22)21-15(17(23)24)5-3-4-11-6-7-12(18)13(19)9-11/h6-7,9-10,14-15H,3-5,8,20H2,1-2H3,(H,21,22)(H,23,24)/t14-,15?/m0/s1. The summed E-state index contributed by atoms with van der Waals surface area (Å²) in [6, 6.07) is 1.76. The summed E-state index contributed by atoms with van der Waals surface area (Å²) < 4.78 is 26.0. The van der Waals surface area contributed by atoms with E-state index in [-0.39, 0.29) is 12.3 Å². The Hall–Kier alpha value is -2.02. The minimum Gasteiger partial charge on any atom is -0.480 e. The fourth-order valence-electron chi connectivity index (χ4n) is 2.36. The summed E-state index contributed by atoms with van der Waals surface area (Å²) >= 11 is 0. The average molecular weight is 342 g/mol. The van der Waals surface area contributed by atoms with Crippen molar-refractivity contribution in [3.8, 4) is 0 Å². The number of carbonyl (C=O) groups is 2. The largest absolute Gasteiger partial charge is 0.480 e. The molecule has 1 unspecified atom stereocenters. The van der Waals surface area contributed by atoms with Gasteiger partial charge in [0.15, 0.2) is 11.6 Å². The van der Waals surface area contributed by atoms with Gasteiger partial charge in [-0.3, -0.25) is 4.79 Å². The highest BCUT2D eigenvalue weighted by atomic mass is 19.2. The molecule has 0 aromatic heterocycles. The maximum atomic E-state index is 13.1. The summed E-state index contributed by atoms with van der Waals surface area (Å²) in [4.78, 5) is 23.2. The van der Waals surface area contributed by atoms with Gasteiger partial charge in [0.2, 0.25) is 5.91 Å². The Kier molecular flexibility index (Phi) is 7.78. The molecule has 2 atom stereocenters. The molecule has 1 rings (SSSR count). The molecule has 0 spiro atoms. The lowest BCUT2D eigenvalue weighted by Gasteiger charge is -2.19. The Labute approximate surface area is 140 Å². The topological polar surface area (TPSA) is 92.4 Å². The van der Waals surface area contributed by atoms with Crippen LogP contribution < -0.4 is 11.1 Å². The van der Waals surface area contributed by atoms with Crippen LogP contribution in [0.25, 0.3) is 0 Å². The van der Waals surface area contributed by atoms with Gasteiger partial charge in [-0.15, -0.1) is 0 Å². The second kappa shape index (κ2) is 9.32. The van der Waals surface area contributed by atoms with Gasteiger partial charge in [-0.1, -0.05) is 19.9 Å². The fourth-order valence-corrected chi connectivity index (χ4v) is 2.36. The minimum absolute atomic E-state index is 0.175. The molecular formula is C17H24F2N2O3. The van der Waals surface area contributed by atoms with Crippen LogP contribution in [0.2, 0.25) is 0 Å². The molecule has 0 saturated heterocycles. The van der Waals surface area contributed by atoms with Crippen LogP contribution in [0.15, 0.2) is 18.2 Å². The smallest absolute Gasteiger partial charge is 0.326 e. The van der Waals surface area contributed by atoms with Gasteiger partial charge in [0.25, 0.3) is 0 Å². The zero-order chi connectivity index (χ0) is 18.3. The van der Waals surface area contributed by atoms with Crippen LogP contribution in [0.4, 0.5) is 8.78 Å². The van der Waals surface area contributed by atoms with Gasteiger partial charge in [0.05, 0.1) is 6.04 Å².